The van der Waals surface area contributed by atoms with Crippen molar-refractivity contribution in [2.24, 2.45) is 0 Å². The third-order valence-corrected chi connectivity index (χ3v) is 2.48. The molecule has 4 nitrogen and oxygen atoms in total. The number of hydrogen-bond acceptors (Lipinski definition) is 4. The second-order valence-corrected chi connectivity index (χ2v) is 4.69. The summed E-state index contributed by atoms with van der Waals surface area (Å²) >= 11 is 0. The molecule has 0 aromatic carbocycles. The zero-order valence-electron chi connectivity index (χ0n) is 11.5. The topological polar surface area (TPSA) is 47.0 Å². The Morgan fingerprint density at radius 3 is 2.59 bits per heavy atom. The maximum absolute atomic E-state index is 5.63. The van der Waals surface area contributed by atoms with E-state index in [2.05, 4.69) is 36.1 Å². The molecule has 96 valence electrons. The predicted octanol–water partition coefficient (Wildman–Crippen LogP) is 2.57. The first-order chi connectivity index (χ1) is 7.96. The maximum atomic E-state index is 5.63. The zero-order chi connectivity index (χ0) is 12.9. The number of rotatable bonds is 6. The molecular weight excluding hydrogens is 214 g/mol. The van der Waals surface area contributed by atoms with Gasteiger partial charge in [-0.15, -0.1) is 0 Å². The summed E-state index contributed by atoms with van der Waals surface area (Å²) in [5.74, 6) is 1.68. The lowest BCUT2D eigenvalue weighted by atomic mass is 10.1. The first-order valence-electron chi connectivity index (χ1n) is 6.19. The summed E-state index contributed by atoms with van der Waals surface area (Å²) in [5.41, 5.74) is 0.884. The van der Waals surface area contributed by atoms with Gasteiger partial charge in [0.2, 0.25) is 0 Å². The van der Waals surface area contributed by atoms with Crippen LogP contribution in [0.1, 0.15) is 39.2 Å². The van der Waals surface area contributed by atoms with Crippen LogP contribution in [0.2, 0.25) is 0 Å². The van der Waals surface area contributed by atoms with Gasteiger partial charge in [0.1, 0.15) is 11.6 Å². The van der Waals surface area contributed by atoms with Gasteiger partial charge in [-0.1, -0.05) is 6.92 Å². The van der Waals surface area contributed by atoms with Gasteiger partial charge in [0, 0.05) is 24.9 Å². The van der Waals surface area contributed by atoms with E-state index in [1.807, 2.05) is 19.9 Å². The molecule has 1 heterocycles. The lowest BCUT2D eigenvalue weighted by molar-refractivity contribution is 0.000636. The van der Waals surface area contributed by atoms with Crippen LogP contribution in [0, 0.1) is 6.92 Å². The quantitative estimate of drug-likeness (QED) is 0.826. The number of aromatic nitrogens is 2. The molecule has 0 radical (unpaired) electrons. The summed E-state index contributed by atoms with van der Waals surface area (Å²) in [6.45, 7) is 11.6. The molecule has 0 saturated carbocycles. The van der Waals surface area contributed by atoms with Crippen molar-refractivity contribution in [3.05, 3.63) is 17.6 Å². The highest BCUT2D eigenvalue weighted by atomic mass is 16.5. The van der Waals surface area contributed by atoms with Crippen molar-refractivity contribution in [2.45, 2.75) is 46.6 Å². The van der Waals surface area contributed by atoms with Crippen LogP contribution >= 0.6 is 0 Å². The van der Waals surface area contributed by atoms with Crippen molar-refractivity contribution in [1.29, 1.82) is 0 Å². The van der Waals surface area contributed by atoms with Gasteiger partial charge in [-0.25, -0.2) is 9.97 Å². The molecule has 1 aromatic heterocycles. The molecule has 0 aliphatic carbocycles. The summed E-state index contributed by atoms with van der Waals surface area (Å²) in [7, 11) is 0. The Labute approximate surface area is 104 Å². The smallest absolute Gasteiger partial charge is 0.130 e. The van der Waals surface area contributed by atoms with Crippen molar-refractivity contribution < 1.29 is 4.74 Å². The van der Waals surface area contributed by atoms with Crippen LogP contribution in [0.3, 0.4) is 0 Å². The Kier molecular flexibility index (Phi) is 4.87. The van der Waals surface area contributed by atoms with Crippen LogP contribution in [-0.4, -0.2) is 28.7 Å². The van der Waals surface area contributed by atoms with E-state index in [0.29, 0.717) is 0 Å². The molecule has 0 atom stereocenters. The molecule has 17 heavy (non-hydrogen) atoms. The van der Waals surface area contributed by atoms with E-state index in [1.54, 1.807) is 0 Å². The number of hydrogen-bond donors (Lipinski definition) is 1. The fourth-order valence-electron chi connectivity index (χ4n) is 1.65. The number of anilines is 1. The molecule has 0 unspecified atom stereocenters. The normalized spacial score (nSPS) is 11.6. The third-order valence-electron chi connectivity index (χ3n) is 2.48. The molecule has 0 amide bonds. The first-order valence-corrected chi connectivity index (χ1v) is 6.19. The summed E-state index contributed by atoms with van der Waals surface area (Å²) < 4.78 is 5.63. The minimum atomic E-state index is -0.181. The maximum Gasteiger partial charge on any atom is 0.130 e. The fourth-order valence-corrected chi connectivity index (χ4v) is 1.65. The van der Waals surface area contributed by atoms with E-state index < -0.39 is 0 Å². The molecule has 1 rings (SSSR count). The molecule has 0 fully saturated rings. The van der Waals surface area contributed by atoms with Crippen LogP contribution in [0.4, 0.5) is 5.82 Å². The Morgan fingerprint density at radius 2 is 2.00 bits per heavy atom. The minimum Gasteiger partial charge on any atom is -0.374 e. The van der Waals surface area contributed by atoms with Crippen molar-refractivity contribution in [2.75, 3.05) is 18.5 Å². The van der Waals surface area contributed by atoms with E-state index in [9.17, 15) is 0 Å². The lowest BCUT2D eigenvalue weighted by Gasteiger charge is -2.25. The molecule has 0 spiro atoms. The molecule has 1 aromatic rings. The van der Waals surface area contributed by atoms with Crippen LogP contribution < -0.4 is 5.32 Å². The van der Waals surface area contributed by atoms with Gasteiger partial charge < -0.3 is 10.1 Å². The van der Waals surface area contributed by atoms with Crippen LogP contribution in [0.15, 0.2) is 6.07 Å². The molecular formula is C13H23N3O. The summed E-state index contributed by atoms with van der Waals surface area (Å²) in [4.78, 5) is 8.72. The SMILES string of the molecule is CCOC(C)(C)CNc1cc(CC)nc(C)n1. The number of aryl methyl sites for hydroxylation is 2. The highest BCUT2D eigenvalue weighted by Crippen LogP contribution is 2.12. The second-order valence-electron chi connectivity index (χ2n) is 4.69. The average molecular weight is 237 g/mol. The van der Waals surface area contributed by atoms with E-state index in [-0.39, 0.29) is 5.60 Å². The molecule has 0 saturated heterocycles. The Bertz CT molecular complexity index is 364. The van der Waals surface area contributed by atoms with Crippen LogP contribution in [-0.2, 0) is 11.2 Å². The zero-order valence-corrected chi connectivity index (χ0v) is 11.5. The van der Waals surface area contributed by atoms with Gasteiger partial charge in [-0.05, 0) is 34.1 Å². The monoisotopic (exact) mass is 237 g/mol. The van der Waals surface area contributed by atoms with Crippen LogP contribution in [0.25, 0.3) is 0 Å². The fraction of sp³-hybridized carbons (Fsp3) is 0.692. The average Bonchev–Trinajstić information content (AvgIpc) is 2.26. The van der Waals surface area contributed by atoms with Gasteiger partial charge in [-0.3, -0.25) is 0 Å². The van der Waals surface area contributed by atoms with E-state index in [4.69, 9.17) is 4.74 Å². The van der Waals surface area contributed by atoms with Gasteiger partial charge in [0.15, 0.2) is 0 Å². The highest BCUT2D eigenvalue weighted by Gasteiger charge is 2.17. The molecule has 1 N–H and O–H groups in total. The van der Waals surface area contributed by atoms with E-state index >= 15 is 0 Å². The predicted molar refractivity (Wildman–Crippen MR) is 70.3 cm³/mol. The van der Waals surface area contributed by atoms with Crippen molar-refractivity contribution in [3.63, 3.8) is 0 Å². The number of ether oxygens (including phenoxy) is 1. The molecule has 0 aliphatic heterocycles. The first kappa shape index (κ1) is 13.9. The Balaban J connectivity index is 2.65. The van der Waals surface area contributed by atoms with Gasteiger partial charge >= 0.3 is 0 Å². The minimum absolute atomic E-state index is 0.181. The van der Waals surface area contributed by atoms with Gasteiger partial charge in [0.05, 0.1) is 5.60 Å². The molecule has 4 heteroatoms. The molecule has 0 bridgehead atoms. The van der Waals surface area contributed by atoms with Crippen molar-refractivity contribution in [1.82, 2.24) is 9.97 Å². The third kappa shape index (κ3) is 4.69. The second kappa shape index (κ2) is 5.96. The lowest BCUT2D eigenvalue weighted by Crippen LogP contribution is -2.33. The van der Waals surface area contributed by atoms with Crippen molar-refractivity contribution in [3.8, 4) is 0 Å². The summed E-state index contributed by atoms with van der Waals surface area (Å²) in [6, 6.07) is 2.00. The molecule has 0 aliphatic rings. The van der Waals surface area contributed by atoms with Crippen molar-refractivity contribution >= 4 is 5.82 Å². The Hall–Kier alpha value is -1.16. The highest BCUT2D eigenvalue weighted by molar-refractivity contribution is 5.36. The standard InChI is InChI=1S/C13H23N3O/c1-6-11-8-12(16-10(3)15-11)14-9-13(4,5)17-7-2/h8H,6-7,9H2,1-5H3,(H,14,15,16). The van der Waals surface area contributed by atoms with Gasteiger partial charge in [-0.2, -0.15) is 0 Å². The van der Waals surface area contributed by atoms with E-state index in [0.717, 1.165) is 36.9 Å². The Morgan fingerprint density at radius 1 is 1.29 bits per heavy atom. The number of nitrogens with zero attached hydrogens (tertiary/aromatic N) is 2. The largest absolute Gasteiger partial charge is 0.374 e. The van der Waals surface area contributed by atoms with E-state index in [1.165, 1.54) is 0 Å². The summed E-state index contributed by atoms with van der Waals surface area (Å²) in [6.07, 6.45) is 0.924. The van der Waals surface area contributed by atoms with Gasteiger partial charge in [0.25, 0.3) is 0 Å². The van der Waals surface area contributed by atoms with Crippen LogP contribution in [0.5, 0.6) is 0 Å². The summed E-state index contributed by atoms with van der Waals surface area (Å²) in [5, 5.41) is 3.31. The number of nitrogens with one attached hydrogen (secondary N) is 1.